The van der Waals surface area contributed by atoms with Gasteiger partial charge in [0, 0.05) is 26.5 Å². The quantitative estimate of drug-likeness (QED) is 0.534. The molecule has 0 bridgehead atoms. The summed E-state index contributed by atoms with van der Waals surface area (Å²) in [4.78, 5) is 4.13. The smallest absolute Gasteiger partial charge is 0.242 e. The molecule has 19 heavy (non-hydrogen) atoms. The van der Waals surface area contributed by atoms with Crippen LogP contribution in [0.1, 0.15) is 18.5 Å². The molecule has 0 atom stereocenters. The molecule has 0 aromatic carbocycles. The van der Waals surface area contributed by atoms with Crippen molar-refractivity contribution in [3.8, 4) is 0 Å². The number of hydrogen-bond donors (Lipinski definition) is 2. The predicted octanol–water partition coefficient (Wildman–Crippen LogP) is 0.421. The molecule has 0 fully saturated rings. The lowest BCUT2D eigenvalue weighted by molar-refractivity contribution is 0.193. The summed E-state index contributed by atoms with van der Waals surface area (Å²) < 4.78 is 31.2. The Kier molecular flexibility index (Phi) is 6.29. The molecule has 0 spiro atoms. The van der Waals surface area contributed by atoms with Gasteiger partial charge in [-0.05, 0) is 25.0 Å². The van der Waals surface area contributed by atoms with E-state index in [1.54, 1.807) is 7.11 Å². The number of ether oxygens (including phenoxy) is 1. The number of sulfonamides is 1. The number of unbranched alkanes of at least 4 members (excludes halogenated alkanes) is 1. The molecular weight excluding hydrogens is 286 g/mol. The number of methoxy groups -OCH3 is 1. The molecule has 0 saturated carbocycles. The van der Waals surface area contributed by atoms with E-state index < -0.39 is 10.0 Å². The third-order valence-corrected chi connectivity index (χ3v) is 4.02. The van der Waals surface area contributed by atoms with Crippen molar-refractivity contribution in [1.82, 2.24) is 9.71 Å². The molecule has 0 radical (unpaired) electrons. The van der Waals surface area contributed by atoms with Gasteiger partial charge in [0.05, 0.1) is 5.69 Å². The summed E-state index contributed by atoms with van der Waals surface area (Å²) in [5.74, 6) is 0. The van der Waals surface area contributed by atoms with E-state index in [9.17, 15) is 8.42 Å². The SMILES string of the molecule is COCCCCNS(=O)(=O)c1ccc(C(N)=S)nc1. The molecule has 6 nitrogen and oxygen atoms in total. The molecule has 0 aliphatic heterocycles. The fourth-order valence-electron chi connectivity index (χ4n) is 1.35. The van der Waals surface area contributed by atoms with Crippen LogP contribution in [0, 0.1) is 0 Å². The number of pyridine rings is 1. The van der Waals surface area contributed by atoms with Gasteiger partial charge in [0.15, 0.2) is 0 Å². The lowest BCUT2D eigenvalue weighted by atomic mass is 10.3. The van der Waals surface area contributed by atoms with Gasteiger partial charge in [-0.3, -0.25) is 4.98 Å². The third kappa shape index (κ3) is 5.19. The van der Waals surface area contributed by atoms with E-state index in [1.165, 1.54) is 18.3 Å². The van der Waals surface area contributed by atoms with Crippen molar-refractivity contribution >= 4 is 27.2 Å². The molecule has 8 heteroatoms. The molecule has 0 saturated heterocycles. The molecule has 1 heterocycles. The van der Waals surface area contributed by atoms with Crippen LogP contribution in [0.5, 0.6) is 0 Å². The zero-order valence-electron chi connectivity index (χ0n) is 10.6. The second kappa shape index (κ2) is 7.49. The van der Waals surface area contributed by atoms with Crippen LogP contribution in [0.4, 0.5) is 0 Å². The summed E-state index contributed by atoms with van der Waals surface area (Å²) in [6.07, 6.45) is 2.76. The number of rotatable bonds is 8. The van der Waals surface area contributed by atoms with Gasteiger partial charge in [-0.15, -0.1) is 0 Å². The van der Waals surface area contributed by atoms with E-state index in [4.69, 9.17) is 22.7 Å². The summed E-state index contributed by atoms with van der Waals surface area (Å²) in [6, 6.07) is 2.92. The Morgan fingerprint density at radius 2 is 2.21 bits per heavy atom. The number of nitrogens with zero attached hydrogens (tertiary/aromatic N) is 1. The average molecular weight is 303 g/mol. The Morgan fingerprint density at radius 1 is 1.47 bits per heavy atom. The van der Waals surface area contributed by atoms with Crippen LogP contribution in [-0.4, -0.2) is 38.7 Å². The first-order valence-corrected chi connectivity index (χ1v) is 7.61. The van der Waals surface area contributed by atoms with Gasteiger partial charge in [0.2, 0.25) is 10.0 Å². The molecule has 0 aliphatic carbocycles. The lowest BCUT2D eigenvalue weighted by Crippen LogP contribution is -2.25. The van der Waals surface area contributed by atoms with Gasteiger partial charge in [0.1, 0.15) is 9.88 Å². The van der Waals surface area contributed by atoms with Crippen molar-refractivity contribution in [2.45, 2.75) is 17.7 Å². The lowest BCUT2D eigenvalue weighted by Gasteiger charge is -2.06. The number of hydrogen-bond acceptors (Lipinski definition) is 5. The van der Waals surface area contributed by atoms with Gasteiger partial charge in [-0.1, -0.05) is 12.2 Å². The highest BCUT2D eigenvalue weighted by molar-refractivity contribution is 7.89. The highest BCUT2D eigenvalue weighted by Gasteiger charge is 2.13. The topological polar surface area (TPSA) is 94.3 Å². The second-order valence-corrected chi connectivity index (χ2v) is 6.05. The van der Waals surface area contributed by atoms with Gasteiger partial charge in [0.25, 0.3) is 0 Å². The Bertz CT molecular complexity index is 514. The molecule has 1 rings (SSSR count). The minimum Gasteiger partial charge on any atom is -0.388 e. The van der Waals surface area contributed by atoms with E-state index in [2.05, 4.69) is 9.71 Å². The van der Waals surface area contributed by atoms with Gasteiger partial charge >= 0.3 is 0 Å². The standard InChI is InChI=1S/C11H17N3O3S2/c1-17-7-3-2-6-14-19(15,16)9-4-5-10(11(12)18)13-8-9/h4-5,8,14H,2-3,6-7H2,1H3,(H2,12,18). The first kappa shape index (κ1) is 16.0. The van der Waals surface area contributed by atoms with Crippen molar-refractivity contribution in [2.24, 2.45) is 5.73 Å². The molecule has 1 aromatic rings. The largest absolute Gasteiger partial charge is 0.388 e. The van der Waals surface area contributed by atoms with Crippen LogP contribution in [0.2, 0.25) is 0 Å². The van der Waals surface area contributed by atoms with Gasteiger partial charge < -0.3 is 10.5 Å². The van der Waals surface area contributed by atoms with Crippen LogP contribution < -0.4 is 10.5 Å². The van der Waals surface area contributed by atoms with Crippen LogP contribution in [0.25, 0.3) is 0 Å². The Labute approximate surface area is 118 Å². The minimum absolute atomic E-state index is 0.0965. The Morgan fingerprint density at radius 3 is 2.74 bits per heavy atom. The maximum atomic E-state index is 11.9. The van der Waals surface area contributed by atoms with Crippen molar-refractivity contribution in [1.29, 1.82) is 0 Å². The molecule has 1 aromatic heterocycles. The number of thiocarbonyl (C=S) groups is 1. The molecule has 0 amide bonds. The van der Waals surface area contributed by atoms with E-state index in [-0.39, 0.29) is 9.88 Å². The van der Waals surface area contributed by atoms with E-state index in [0.29, 0.717) is 25.3 Å². The summed E-state index contributed by atoms with van der Waals surface area (Å²) >= 11 is 4.75. The second-order valence-electron chi connectivity index (χ2n) is 3.84. The predicted molar refractivity (Wildman–Crippen MR) is 76.4 cm³/mol. The summed E-state index contributed by atoms with van der Waals surface area (Å²) in [6.45, 7) is 0.981. The fourth-order valence-corrected chi connectivity index (χ4v) is 2.49. The highest BCUT2D eigenvalue weighted by atomic mass is 32.2. The number of nitrogens with two attached hydrogens (primary N) is 1. The normalized spacial score (nSPS) is 11.4. The molecule has 0 unspecified atom stereocenters. The maximum absolute atomic E-state index is 11.9. The number of nitrogens with one attached hydrogen (secondary N) is 1. The van der Waals surface area contributed by atoms with Gasteiger partial charge in [-0.2, -0.15) is 0 Å². The van der Waals surface area contributed by atoms with Crippen molar-refractivity contribution in [3.05, 3.63) is 24.0 Å². The van der Waals surface area contributed by atoms with E-state index in [1.807, 2.05) is 0 Å². The van der Waals surface area contributed by atoms with Crippen LogP contribution in [-0.2, 0) is 14.8 Å². The average Bonchev–Trinajstić information content (AvgIpc) is 2.38. The summed E-state index contributed by atoms with van der Waals surface area (Å²) in [5, 5.41) is 0. The van der Waals surface area contributed by atoms with E-state index >= 15 is 0 Å². The first-order chi connectivity index (χ1) is 8.97. The van der Waals surface area contributed by atoms with Crippen LogP contribution >= 0.6 is 12.2 Å². The maximum Gasteiger partial charge on any atom is 0.242 e. The number of aromatic nitrogens is 1. The molecular formula is C11H17N3O3S2. The van der Waals surface area contributed by atoms with Crippen molar-refractivity contribution in [3.63, 3.8) is 0 Å². The van der Waals surface area contributed by atoms with E-state index in [0.717, 1.165) is 6.42 Å². The molecule has 3 N–H and O–H groups in total. The highest BCUT2D eigenvalue weighted by Crippen LogP contribution is 2.07. The molecule has 106 valence electrons. The first-order valence-electron chi connectivity index (χ1n) is 5.72. The monoisotopic (exact) mass is 303 g/mol. The zero-order chi connectivity index (χ0) is 14.3. The summed E-state index contributed by atoms with van der Waals surface area (Å²) in [7, 11) is -1.92. The van der Waals surface area contributed by atoms with Crippen LogP contribution in [0.3, 0.4) is 0 Å². The fraction of sp³-hybridized carbons (Fsp3) is 0.455. The minimum atomic E-state index is -3.53. The summed E-state index contributed by atoms with van der Waals surface area (Å²) in [5.41, 5.74) is 5.79. The Hall–Kier alpha value is -1.09. The van der Waals surface area contributed by atoms with Crippen molar-refractivity contribution < 1.29 is 13.2 Å². The zero-order valence-corrected chi connectivity index (χ0v) is 12.3. The Balaban J connectivity index is 2.59. The third-order valence-electron chi connectivity index (χ3n) is 2.37. The molecule has 0 aliphatic rings. The van der Waals surface area contributed by atoms with Gasteiger partial charge in [-0.25, -0.2) is 13.1 Å². The van der Waals surface area contributed by atoms with Crippen molar-refractivity contribution in [2.75, 3.05) is 20.3 Å². The van der Waals surface area contributed by atoms with Crippen LogP contribution in [0.15, 0.2) is 23.2 Å².